The molecular formula is C16H18N2O2. The molecule has 2 aromatic rings. The second kappa shape index (κ2) is 6.19. The number of carbonyl (C=O) groups excluding carboxylic acids is 1. The highest BCUT2D eigenvalue weighted by atomic mass is 16.5. The van der Waals surface area contributed by atoms with Crippen LogP contribution in [-0.2, 0) is 11.3 Å². The molecule has 0 radical (unpaired) electrons. The zero-order valence-electron chi connectivity index (χ0n) is 11.7. The van der Waals surface area contributed by atoms with Crippen LogP contribution in [0.3, 0.4) is 0 Å². The van der Waals surface area contributed by atoms with Crippen molar-refractivity contribution in [1.82, 2.24) is 10.3 Å². The molecule has 1 heterocycles. The smallest absolute Gasteiger partial charge is 0.263 e. The number of rotatable bonds is 5. The molecule has 4 nitrogen and oxygen atoms in total. The van der Waals surface area contributed by atoms with Crippen LogP contribution in [0.4, 0.5) is 0 Å². The summed E-state index contributed by atoms with van der Waals surface area (Å²) < 4.78 is 5.72. The Hall–Kier alpha value is -2.36. The third-order valence-electron chi connectivity index (χ3n) is 2.84. The summed E-state index contributed by atoms with van der Waals surface area (Å²) >= 11 is 0. The number of hydrogen-bond donors (Lipinski definition) is 1. The summed E-state index contributed by atoms with van der Waals surface area (Å²) in [5.41, 5.74) is 0.0279. The minimum absolute atomic E-state index is 0.162. The number of benzene rings is 1. The number of amides is 1. The van der Waals surface area contributed by atoms with Crippen molar-refractivity contribution in [3.05, 3.63) is 60.4 Å². The largest absolute Gasteiger partial charge is 0.478 e. The van der Waals surface area contributed by atoms with E-state index < -0.39 is 5.60 Å². The number of carbonyl (C=O) groups is 1. The fourth-order valence-corrected chi connectivity index (χ4v) is 1.73. The average molecular weight is 270 g/mol. The van der Waals surface area contributed by atoms with Gasteiger partial charge in [0.15, 0.2) is 5.60 Å². The fourth-order valence-electron chi connectivity index (χ4n) is 1.73. The highest BCUT2D eigenvalue weighted by Gasteiger charge is 2.29. The molecule has 1 N–H and O–H groups in total. The summed E-state index contributed by atoms with van der Waals surface area (Å²) in [5, 5.41) is 2.86. The van der Waals surface area contributed by atoms with Gasteiger partial charge in [-0.15, -0.1) is 0 Å². The van der Waals surface area contributed by atoms with E-state index in [2.05, 4.69) is 10.3 Å². The molecule has 1 aromatic heterocycles. The minimum atomic E-state index is -0.927. The van der Waals surface area contributed by atoms with Crippen molar-refractivity contribution in [1.29, 1.82) is 0 Å². The average Bonchev–Trinajstić information content (AvgIpc) is 2.46. The summed E-state index contributed by atoms with van der Waals surface area (Å²) in [6.07, 6.45) is 3.43. The Kier molecular flexibility index (Phi) is 4.35. The number of aromatic nitrogens is 1. The normalized spacial score (nSPS) is 10.9. The standard InChI is InChI=1S/C16H18N2O2/c1-16(2,20-14-8-4-3-5-9-14)15(19)18-12-13-7-6-10-17-11-13/h3-11H,12H2,1-2H3,(H,18,19). The highest BCUT2D eigenvalue weighted by Crippen LogP contribution is 2.17. The molecule has 104 valence electrons. The molecule has 4 heteroatoms. The molecular weight excluding hydrogens is 252 g/mol. The van der Waals surface area contributed by atoms with E-state index in [0.29, 0.717) is 12.3 Å². The lowest BCUT2D eigenvalue weighted by Gasteiger charge is -2.25. The Morgan fingerprint density at radius 2 is 1.95 bits per heavy atom. The summed E-state index contributed by atoms with van der Waals surface area (Å²) in [6, 6.07) is 13.1. The van der Waals surface area contributed by atoms with Crippen molar-refractivity contribution in [3.63, 3.8) is 0 Å². The van der Waals surface area contributed by atoms with Gasteiger partial charge < -0.3 is 10.1 Å². The minimum Gasteiger partial charge on any atom is -0.478 e. The molecule has 1 aromatic carbocycles. The lowest BCUT2D eigenvalue weighted by molar-refractivity contribution is -0.134. The van der Waals surface area contributed by atoms with Gasteiger partial charge in [0.1, 0.15) is 5.75 Å². The van der Waals surface area contributed by atoms with Crippen molar-refractivity contribution in [3.8, 4) is 5.75 Å². The summed E-state index contributed by atoms with van der Waals surface area (Å²) in [7, 11) is 0. The van der Waals surface area contributed by atoms with E-state index >= 15 is 0 Å². The zero-order chi connectivity index (χ0) is 14.4. The Bertz CT molecular complexity index is 553. The second-order valence-corrected chi connectivity index (χ2v) is 4.97. The lowest BCUT2D eigenvalue weighted by Crippen LogP contribution is -2.46. The van der Waals surface area contributed by atoms with Crippen molar-refractivity contribution < 1.29 is 9.53 Å². The molecule has 2 rings (SSSR count). The van der Waals surface area contributed by atoms with Gasteiger partial charge in [0, 0.05) is 18.9 Å². The van der Waals surface area contributed by atoms with Gasteiger partial charge >= 0.3 is 0 Å². The molecule has 0 aliphatic heterocycles. The van der Waals surface area contributed by atoms with E-state index in [9.17, 15) is 4.79 Å². The number of nitrogens with zero attached hydrogens (tertiary/aromatic N) is 1. The van der Waals surface area contributed by atoms with E-state index in [-0.39, 0.29) is 5.91 Å². The summed E-state index contributed by atoms with van der Waals surface area (Å²) in [4.78, 5) is 16.2. The third kappa shape index (κ3) is 3.82. The Labute approximate surface area is 118 Å². The Balaban J connectivity index is 1.93. The SMILES string of the molecule is CC(C)(Oc1ccccc1)C(=O)NCc1cccnc1. The lowest BCUT2D eigenvalue weighted by atomic mass is 10.1. The molecule has 0 bridgehead atoms. The first-order valence-electron chi connectivity index (χ1n) is 6.49. The van der Waals surface area contributed by atoms with E-state index in [0.717, 1.165) is 5.56 Å². The molecule has 0 atom stereocenters. The van der Waals surface area contributed by atoms with Gasteiger partial charge in [0.05, 0.1) is 0 Å². The van der Waals surface area contributed by atoms with E-state index in [1.165, 1.54) is 0 Å². The third-order valence-corrected chi connectivity index (χ3v) is 2.84. The van der Waals surface area contributed by atoms with Gasteiger partial charge in [-0.2, -0.15) is 0 Å². The van der Waals surface area contributed by atoms with Crippen molar-refractivity contribution >= 4 is 5.91 Å². The van der Waals surface area contributed by atoms with Gasteiger partial charge in [-0.25, -0.2) is 0 Å². The Morgan fingerprint density at radius 3 is 2.60 bits per heavy atom. The maximum absolute atomic E-state index is 12.2. The molecule has 0 saturated heterocycles. The number of hydrogen-bond acceptors (Lipinski definition) is 3. The molecule has 20 heavy (non-hydrogen) atoms. The summed E-state index contributed by atoms with van der Waals surface area (Å²) in [6.45, 7) is 3.94. The number of para-hydroxylation sites is 1. The maximum Gasteiger partial charge on any atom is 0.263 e. The van der Waals surface area contributed by atoms with Crippen LogP contribution in [0.15, 0.2) is 54.9 Å². The molecule has 0 fully saturated rings. The van der Waals surface area contributed by atoms with E-state index in [1.807, 2.05) is 42.5 Å². The first kappa shape index (κ1) is 14.1. The van der Waals surface area contributed by atoms with Crippen LogP contribution in [0.5, 0.6) is 5.75 Å². The molecule has 0 aliphatic rings. The molecule has 1 amide bonds. The Morgan fingerprint density at radius 1 is 1.20 bits per heavy atom. The molecule has 0 saturated carbocycles. The van der Waals surface area contributed by atoms with Gasteiger partial charge in [0.25, 0.3) is 5.91 Å². The fraction of sp³-hybridized carbons (Fsp3) is 0.250. The van der Waals surface area contributed by atoms with Crippen LogP contribution in [0.1, 0.15) is 19.4 Å². The summed E-state index contributed by atoms with van der Waals surface area (Å²) in [5.74, 6) is 0.513. The quantitative estimate of drug-likeness (QED) is 0.908. The maximum atomic E-state index is 12.2. The van der Waals surface area contributed by atoms with Crippen LogP contribution < -0.4 is 10.1 Å². The zero-order valence-corrected chi connectivity index (χ0v) is 11.7. The predicted octanol–water partition coefficient (Wildman–Crippen LogP) is 2.56. The van der Waals surface area contributed by atoms with Crippen molar-refractivity contribution in [2.45, 2.75) is 26.0 Å². The van der Waals surface area contributed by atoms with Crippen LogP contribution in [0.2, 0.25) is 0 Å². The van der Waals surface area contributed by atoms with Gasteiger partial charge in [-0.1, -0.05) is 24.3 Å². The van der Waals surface area contributed by atoms with Crippen LogP contribution in [-0.4, -0.2) is 16.5 Å². The topological polar surface area (TPSA) is 51.2 Å². The number of ether oxygens (including phenoxy) is 1. The predicted molar refractivity (Wildman–Crippen MR) is 77.2 cm³/mol. The van der Waals surface area contributed by atoms with Gasteiger partial charge in [-0.3, -0.25) is 9.78 Å². The molecule has 0 unspecified atom stereocenters. The highest BCUT2D eigenvalue weighted by molar-refractivity contribution is 5.84. The van der Waals surface area contributed by atoms with Gasteiger partial charge in [-0.05, 0) is 37.6 Å². The van der Waals surface area contributed by atoms with Crippen molar-refractivity contribution in [2.75, 3.05) is 0 Å². The van der Waals surface area contributed by atoms with Crippen LogP contribution in [0, 0.1) is 0 Å². The first-order valence-corrected chi connectivity index (χ1v) is 6.49. The second-order valence-electron chi connectivity index (χ2n) is 4.97. The van der Waals surface area contributed by atoms with Crippen LogP contribution >= 0.6 is 0 Å². The van der Waals surface area contributed by atoms with E-state index in [4.69, 9.17) is 4.74 Å². The monoisotopic (exact) mass is 270 g/mol. The first-order chi connectivity index (χ1) is 9.58. The number of pyridine rings is 1. The van der Waals surface area contributed by atoms with Crippen molar-refractivity contribution in [2.24, 2.45) is 0 Å². The molecule has 0 aliphatic carbocycles. The molecule has 0 spiro atoms. The van der Waals surface area contributed by atoms with Gasteiger partial charge in [0.2, 0.25) is 0 Å². The number of nitrogens with one attached hydrogen (secondary N) is 1. The van der Waals surface area contributed by atoms with Crippen LogP contribution in [0.25, 0.3) is 0 Å². The van der Waals surface area contributed by atoms with E-state index in [1.54, 1.807) is 26.2 Å².